The lowest BCUT2D eigenvalue weighted by Crippen LogP contribution is -2.55. The molecule has 19 heteroatoms. The molecule has 4 rings (SSSR count). The lowest BCUT2D eigenvalue weighted by atomic mass is 9.98. The lowest BCUT2D eigenvalue weighted by molar-refractivity contribution is -0.149. The number of aromatic amines is 1. The van der Waals surface area contributed by atoms with Crippen LogP contribution in [0, 0.1) is 23.2 Å². The van der Waals surface area contributed by atoms with Gasteiger partial charge in [-0.3, -0.25) is 33.6 Å². The summed E-state index contributed by atoms with van der Waals surface area (Å²) in [6.07, 6.45) is -0.353. The maximum Gasteiger partial charge on any atom is 0.326 e. The second-order valence-corrected chi connectivity index (χ2v) is 14.4. The summed E-state index contributed by atoms with van der Waals surface area (Å²) in [5.74, 6) is -7.19. The van der Waals surface area contributed by atoms with Crippen molar-refractivity contribution in [2.45, 2.75) is 81.6 Å². The number of fused-ring (bicyclic) bond motifs is 3. The number of carboxylic acids is 1. The summed E-state index contributed by atoms with van der Waals surface area (Å²) in [6, 6.07) is 4.56. The minimum atomic E-state index is -1.55. The first-order chi connectivity index (χ1) is 25.7. The van der Waals surface area contributed by atoms with Gasteiger partial charge in [-0.2, -0.15) is 5.26 Å². The zero-order chi connectivity index (χ0) is 39.5. The number of rotatable bonds is 9. The number of nitrogens with one attached hydrogen (secondary N) is 6. The number of hydrogen-bond donors (Lipinski definition) is 8. The normalized spacial score (nSPS) is 22.9. The van der Waals surface area contributed by atoms with Gasteiger partial charge >= 0.3 is 5.97 Å². The maximum atomic E-state index is 13.5. The molecule has 0 radical (unpaired) electrons. The molecule has 1 fully saturated rings. The zero-order valence-electron chi connectivity index (χ0n) is 29.9. The van der Waals surface area contributed by atoms with E-state index in [0.29, 0.717) is 11.4 Å². The van der Waals surface area contributed by atoms with Crippen LogP contribution in [0.15, 0.2) is 29.3 Å². The summed E-state index contributed by atoms with van der Waals surface area (Å²) in [4.78, 5) is 107. The van der Waals surface area contributed by atoms with Crippen molar-refractivity contribution in [3.8, 4) is 6.07 Å². The van der Waals surface area contributed by atoms with Crippen molar-refractivity contribution in [1.29, 1.82) is 5.26 Å². The van der Waals surface area contributed by atoms with E-state index >= 15 is 0 Å². The molecular formula is C35H45N9O9S. The van der Waals surface area contributed by atoms with Gasteiger partial charge in [0, 0.05) is 42.1 Å². The molecule has 290 valence electrons. The Morgan fingerprint density at radius 2 is 1.76 bits per heavy atom. The highest BCUT2D eigenvalue weighted by molar-refractivity contribution is 7.99. The minimum absolute atomic E-state index is 0.0324. The maximum absolute atomic E-state index is 13.5. The van der Waals surface area contributed by atoms with Crippen LogP contribution < -0.4 is 32.3 Å². The Hall–Kier alpha value is -5.64. The number of likely N-dealkylation sites (tertiary alicyclic amines) is 1. The molecular weight excluding hydrogens is 723 g/mol. The van der Waals surface area contributed by atoms with Crippen LogP contribution in [0.3, 0.4) is 0 Å². The molecule has 0 spiro atoms. The molecule has 54 heavy (non-hydrogen) atoms. The molecule has 2 aliphatic heterocycles. The number of carboxylic acid groups (broad SMARTS) is 1. The number of hydrogen-bond acceptors (Lipinski definition) is 10. The third-order valence-corrected chi connectivity index (χ3v) is 10.6. The smallest absolute Gasteiger partial charge is 0.326 e. The number of benzene rings is 1. The van der Waals surface area contributed by atoms with Gasteiger partial charge in [0.2, 0.25) is 41.4 Å². The fraction of sp³-hybridized carbons (Fsp3) is 0.514. The van der Waals surface area contributed by atoms with Crippen molar-refractivity contribution >= 4 is 70.0 Å². The number of amides is 7. The standard InChI is InChI=1S/C35H45N9O9S/c1-3-18(2)31-32(50)39-15-29(48)40-20(11-28(47)41-24(12-26(37)45)34(51)44-16-19(13-36)10-25(44)35(52)53)17-54-33-22(21-6-4-5-7-23(21)42-33)8-9-27(46)38-14-30(49)43-31/h4-7,18-20,24-25,31,42H,3,8-12,14-17H2,1-2H3,(H2,37,45)(H,38,46)(H,39,50)(H,40,48)(H,41,47)(H,43,49)(H,52,53)/t18-,19-,20+,24-,25-,31-/m0/s1. The number of H-pyrrole nitrogens is 1. The lowest BCUT2D eigenvalue weighted by Gasteiger charge is -2.27. The van der Waals surface area contributed by atoms with Gasteiger partial charge in [-0.05, 0) is 30.4 Å². The van der Waals surface area contributed by atoms with Gasteiger partial charge in [-0.1, -0.05) is 38.5 Å². The number of thioether (sulfide) groups is 1. The minimum Gasteiger partial charge on any atom is -0.480 e. The fourth-order valence-electron chi connectivity index (χ4n) is 6.36. The highest BCUT2D eigenvalue weighted by atomic mass is 32.2. The number of primary amides is 1. The summed E-state index contributed by atoms with van der Waals surface area (Å²) >= 11 is 1.26. The number of para-hydroxylation sites is 1. The van der Waals surface area contributed by atoms with E-state index in [9.17, 15) is 48.7 Å². The zero-order valence-corrected chi connectivity index (χ0v) is 30.8. The summed E-state index contributed by atoms with van der Waals surface area (Å²) in [5.41, 5.74) is 6.97. The van der Waals surface area contributed by atoms with Crippen molar-refractivity contribution in [1.82, 2.24) is 36.5 Å². The molecule has 6 atom stereocenters. The average molecular weight is 768 g/mol. The molecule has 18 nitrogen and oxygen atoms in total. The Kier molecular flexibility index (Phi) is 14.4. The molecule has 7 amide bonds. The van der Waals surface area contributed by atoms with Crippen LogP contribution in [0.1, 0.15) is 51.5 Å². The molecule has 1 saturated heterocycles. The first-order valence-corrected chi connectivity index (χ1v) is 18.5. The van der Waals surface area contributed by atoms with Crippen LogP contribution >= 0.6 is 11.8 Å². The number of aryl methyl sites for hydroxylation is 1. The molecule has 2 aromatic rings. The predicted octanol–water partition coefficient (Wildman–Crippen LogP) is -0.970. The Labute approximate surface area is 315 Å². The summed E-state index contributed by atoms with van der Waals surface area (Å²) < 4.78 is 0. The number of nitriles is 1. The Balaban J connectivity index is 1.59. The average Bonchev–Trinajstić information content (AvgIpc) is 3.73. The van der Waals surface area contributed by atoms with Gasteiger partial charge in [0.05, 0.1) is 36.5 Å². The largest absolute Gasteiger partial charge is 0.480 e. The third kappa shape index (κ3) is 10.9. The van der Waals surface area contributed by atoms with Crippen LogP contribution in [0.4, 0.5) is 0 Å². The number of nitrogens with two attached hydrogens (primary N) is 1. The van der Waals surface area contributed by atoms with Gasteiger partial charge < -0.3 is 47.3 Å². The Morgan fingerprint density at radius 1 is 1.06 bits per heavy atom. The SMILES string of the molecule is CC[C@H](C)[C@@H]1NC(=O)CNC(=O)CCc2c([nH]c3ccccc23)SC[C@@H](CC(=O)N[C@@H](CC(N)=O)C(=O)N2C[C@H](C#N)C[C@H]2C(=O)O)NC(=O)CNC1=O. The third-order valence-electron chi connectivity index (χ3n) is 9.37. The highest BCUT2D eigenvalue weighted by Crippen LogP contribution is 2.31. The number of nitrogens with zero attached hydrogens (tertiary/aromatic N) is 2. The molecule has 0 aliphatic carbocycles. The van der Waals surface area contributed by atoms with Gasteiger partial charge in [-0.25, -0.2) is 4.79 Å². The summed E-state index contributed by atoms with van der Waals surface area (Å²) in [7, 11) is 0. The van der Waals surface area contributed by atoms with Crippen molar-refractivity contribution in [3.63, 3.8) is 0 Å². The predicted molar refractivity (Wildman–Crippen MR) is 194 cm³/mol. The van der Waals surface area contributed by atoms with Crippen molar-refractivity contribution < 1.29 is 43.5 Å². The van der Waals surface area contributed by atoms with Gasteiger partial charge in [-0.15, -0.1) is 11.8 Å². The van der Waals surface area contributed by atoms with Crippen LogP contribution in [-0.2, 0) is 44.8 Å². The molecule has 9 N–H and O–H groups in total. The van der Waals surface area contributed by atoms with Crippen LogP contribution in [0.25, 0.3) is 10.9 Å². The van der Waals surface area contributed by atoms with Crippen molar-refractivity contribution in [3.05, 3.63) is 29.8 Å². The number of carbonyl (C=O) groups is 8. The molecule has 0 bridgehead atoms. The Bertz CT molecular complexity index is 1830. The first-order valence-electron chi connectivity index (χ1n) is 17.6. The summed E-state index contributed by atoms with van der Waals surface area (Å²) in [5, 5.41) is 33.5. The number of aliphatic carboxylic acids is 1. The van der Waals surface area contributed by atoms with E-state index < -0.39 is 90.9 Å². The van der Waals surface area contributed by atoms with E-state index in [0.717, 1.165) is 21.4 Å². The van der Waals surface area contributed by atoms with E-state index in [1.54, 1.807) is 6.92 Å². The van der Waals surface area contributed by atoms with Gasteiger partial charge in [0.25, 0.3) is 0 Å². The van der Waals surface area contributed by atoms with E-state index in [-0.39, 0.29) is 49.9 Å². The van der Waals surface area contributed by atoms with Crippen LogP contribution in [0.2, 0.25) is 0 Å². The van der Waals surface area contributed by atoms with Crippen LogP contribution in [0.5, 0.6) is 0 Å². The van der Waals surface area contributed by atoms with E-state index in [1.807, 2.05) is 37.3 Å². The van der Waals surface area contributed by atoms with E-state index in [1.165, 1.54) is 11.8 Å². The molecule has 2 aliphatic rings. The van der Waals surface area contributed by atoms with E-state index in [2.05, 4.69) is 31.6 Å². The molecule has 3 heterocycles. The molecule has 0 saturated carbocycles. The molecule has 1 aromatic heterocycles. The fourth-order valence-corrected chi connectivity index (χ4v) is 7.49. The highest BCUT2D eigenvalue weighted by Gasteiger charge is 2.42. The van der Waals surface area contributed by atoms with Gasteiger partial charge in [0.15, 0.2) is 0 Å². The molecule has 1 aromatic carbocycles. The Morgan fingerprint density at radius 3 is 2.44 bits per heavy atom. The first kappa shape index (κ1) is 41.1. The molecule has 0 unspecified atom stereocenters. The second kappa shape index (κ2) is 18.9. The topological polar surface area (TPSA) is 286 Å². The number of carbonyl (C=O) groups excluding carboxylic acids is 7. The van der Waals surface area contributed by atoms with Gasteiger partial charge in [0.1, 0.15) is 18.1 Å². The quantitative estimate of drug-likeness (QED) is 0.154. The second-order valence-electron chi connectivity index (χ2n) is 13.4. The van der Waals surface area contributed by atoms with Crippen molar-refractivity contribution in [2.24, 2.45) is 17.6 Å². The van der Waals surface area contributed by atoms with Crippen LogP contribution in [-0.4, -0.2) is 112 Å². The monoisotopic (exact) mass is 767 g/mol. The van der Waals surface area contributed by atoms with Crippen molar-refractivity contribution in [2.75, 3.05) is 25.4 Å². The van der Waals surface area contributed by atoms with E-state index in [4.69, 9.17) is 5.73 Å². The number of aromatic nitrogens is 1. The summed E-state index contributed by atoms with van der Waals surface area (Å²) in [6.45, 7) is 2.52.